The molecule has 6 nitrogen and oxygen atoms in total. The summed E-state index contributed by atoms with van der Waals surface area (Å²) < 4.78 is 5.69. The highest BCUT2D eigenvalue weighted by molar-refractivity contribution is 6.01. The van der Waals surface area contributed by atoms with Gasteiger partial charge in [-0.2, -0.15) is 5.26 Å². The highest BCUT2D eigenvalue weighted by Crippen LogP contribution is 2.17. The number of amides is 1. The molecule has 31 heavy (non-hydrogen) atoms. The fourth-order valence-corrected chi connectivity index (χ4v) is 2.81. The van der Waals surface area contributed by atoms with Crippen LogP contribution >= 0.6 is 0 Å². The SMILES string of the molecule is N#C/C(=C/c1ccc(OCc2cccc(C(=O)O)c2)cc1)C(=O)NCc1ccccc1. The number of nitrogens with one attached hydrogen (secondary N) is 1. The van der Waals surface area contributed by atoms with Crippen molar-refractivity contribution >= 4 is 18.0 Å². The van der Waals surface area contributed by atoms with E-state index in [1.165, 1.54) is 12.1 Å². The molecule has 6 heteroatoms. The summed E-state index contributed by atoms with van der Waals surface area (Å²) in [4.78, 5) is 23.3. The van der Waals surface area contributed by atoms with E-state index in [1.54, 1.807) is 42.5 Å². The number of aromatic carboxylic acids is 1. The number of nitriles is 1. The van der Waals surface area contributed by atoms with Gasteiger partial charge in [-0.05, 0) is 47.0 Å². The molecular formula is C25H20N2O4. The number of carboxylic acids is 1. The van der Waals surface area contributed by atoms with Crippen LogP contribution in [-0.4, -0.2) is 17.0 Å². The van der Waals surface area contributed by atoms with Gasteiger partial charge in [0.1, 0.15) is 24.0 Å². The zero-order valence-electron chi connectivity index (χ0n) is 16.6. The van der Waals surface area contributed by atoms with E-state index < -0.39 is 11.9 Å². The van der Waals surface area contributed by atoms with Gasteiger partial charge in [-0.1, -0.05) is 54.6 Å². The third kappa shape index (κ3) is 6.31. The predicted octanol–water partition coefficient (Wildman–Crippen LogP) is 4.19. The van der Waals surface area contributed by atoms with Crippen LogP contribution in [0.2, 0.25) is 0 Å². The van der Waals surface area contributed by atoms with E-state index in [0.29, 0.717) is 17.9 Å². The zero-order chi connectivity index (χ0) is 22.1. The number of benzene rings is 3. The molecular weight excluding hydrogens is 392 g/mol. The van der Waals surface area contributed by atoms with Crippen molar-refractivity contribution in [2.45, 2.75) is 13.2 Å². The number of rotatable bonds is 8. The summed E-state index contributed by atoms with van der Waals surface area (Å²) in [5.74, 6) is -0.839. The topological polar surface area (TPSA) is 99.4 Å². The lowest BCUT2D eigenvalue weighted by Crippen LogP contribution is -2.23. The Morgan fingerprint density at radius 1 is 0.968 bits per heavy atom. The summed E-state index contributed by atoms with van der Waals surface area (Å²) in [6.07, 6.45) is 1.51. The lowest BCUT2D eigenvalue weighted by Gasteiger charge is -2.08. The van der Waals surface area contributed by atoms with Crippen molar-refractivity contribution in [3.63, 3.8) is 0 Å². The Kier molecular flexibility index (Phi) is 7.17. The number of nitrogens with zero attached hydrogens (tertiary/aromatic N) is 1. The van der Waals surface area contributed by atoms with Gasteiger partial charge < -0.3 is 15.2 Å². The summed E-state index contributed by atoms with van der Waals surface area (Å²) in [7, 11) is 0. The number of carbonyl (C=O) groups is 2. The predicted molar refractivity (Wildman–Crippen MR) is 116 cm³/mol. The molecule has 0 atom stereocenters. The molecule has 0 saturated carbocycles. The standard InChI is InChI=1S/C25H20N2O4/c26-15-22(24(28)27-16-19-5-2-1-3-6-19)13-18-9-11-23(12-10-18)31-17-20-7-4-8-21(14-20)25(29)30/h1-14H,16-17H2,(H,27,28)(H,29,30)/b22-13-. The second-order valence-corrected chi connectivity index (χ2v) is 6.70. The molecule has 0 radical (unpaired) electrons. The van der Waals surface area contributed by atoms with Gasteiger partial charge in [0.15, 0.2) is 0 Å². The molecule has 2 N–H and O–H groups in total. The van der Waals surface area contributed by atoms with Crippen molar-refractivity contribution in [3.05, 3.63) is 107 Å². The van der Waals surface area contributed by atoms with Gasteiger partial charge in [0.05, 0.1) is 5.56 Å². The molecule has 154 valence electrons. The maximum atomic E-state index is 12.3. The van der Waals surface area contributed by atoms with Crippen molar-refractivity contribution in [1.29, 1.82) is 5.26 Å². The van der Waals surface area contributed by atoms with Gasteiger partial charge in [-0.15, -0.1) is 0 Å². The largest absolute Gasteiger partial charge is 0.489 e. The molecule has 0 aliphatic heterocycles. The fraction of sp³-hybridized carbons (Fsp3) is 0.0800. The molecule has 3 aromatic rings. The van der Waals surface area contributed by atoms with E-state index in [-0.39, 0.29) is 17.7 Å². The van der Waals surface area contributed by atoms with Crippen LogP contribution in [0.5, 0.6) is 5.75 Å². The third-order valence-corrected chi connectivity index (χ3v) is 4.43. The maximum Gasteiger partial charge on any atom is 0.335 e. The van der Waals surface area contributed by atoms with Gasteiger partial charge in [-0.25, -0.2) is 4.79 Å². The molecule has 0 unspecified atom stereocenters. The lowest BCUT2D eigenvalue weighted by atomic mass is 10.1. The molecule has 1 amide bonds. The van der Waals surface area contributed by atoms with Crippen LogP contribution in [0.3, 0.4) is 0 Å². The smallest absolute Gasteiger partial charge is 0.335 e. The zero-order valence-corrected chi connectivity index (χ0v) is 16.6. The fourth-order valence-electron chi connectivity index (χ4n) is 2.81. The third-order valence-electron chi connectivity index (χ3n) is 4.43. The second kappa shape index (κ2) is 10.4. The molecule has 0 heterocycles. The molecule has 0 fully saturated rings. The Bertz CT molecular complexity index is 1130. The number of ether oxygens (including phenoxy) is 1. The van der Waals surface area contributed by atoms with Gasteiger partial charge in [0.2, 0.25) is 0 Å². The average molecular weight is 412 g/mol. The normalized spacial score (nSPS) is 10.7. The molecule has 0 aromatic heterocycles. The summed E-state index contributed by atoms with van der Waals surface area (Å²) in [5, 5.41) is 21.1. The number of hydrogen-bond donors (Lipinski definition) is 2. The van der Waals surface area contributed by atoms with Crippen LogP contribution in [0.1, 0.15) is 27.0 Å². The summed E-state index contributed by atoms with van der Waals surface area (Å²) in [6, 6.07) is 24.9. The van der Waals surface area contributed by atoms with Gasteiger partial charge in [0.25, 0.3) is 5.91 Å². The van der Waals surface area contributed by atoms with Crippen LogP contribution in [-0.2, 0) is 17.9 Å². The minimum absolute atomic E-state index is 0.00934. The van der Waals surface area contributed by atoms with E-state index >= 15 is 0 Å². The first-order valence-electron chi connectivity index (χ1n) is 9.54. The van der Waals surface area contributed by atoms with Crippen molar-refractivity contribution in [3.8, 4) is 11.8 Å². The molecule has 0 aliphatic carbocycles. The Morgan fingerprint density at radius 3 is 2.35 bits per heavy atom. The minimum atomic E-state index is -0.987. The van der Waals surface area contributed by atoms with Gasteiger partial charge >= 0.3 is 5.97 Å². The minimum Gasteiger partial charge on any atom is -0.489 e. The van der Waals surface area contributed by atoms with Crippen LogP contribution in [0.15, 0.2) is 84.4 Å². The van der Waals surface area contributed by atoms with Crippen molar-refractivity contribution < 1.29 is 19.4 Å². The van der Waals surface area contributed by atoms with E-state index in [2.05, 4.69) is 5.32 Å². The number of hydrogen-bond acceptors (Lipinski definition) is 4. The molecule has 0 saturated heterocycles. The first-order chi connectivity index (χ1) is 15.0. The Balaban J connectivity index is 1.59. The molecule has 0 aliphatic rings. The van der Waals surface area contributed by atoms with Crippen LogP contribution in [0.25, 0.3) is 6.08 Å². The van der Waals surface area contributed by atoms with Crippen molar-refractivity contribution in [1.82, 2.24) is 5.32 Å². The van der Waals surface area contributed by atoms with Crippen LogP contribution in [0, 0.1) is 11.3 Å². The molecule has 0 spiro atoms. The summed E-state index contributed by atoms with van der Waals surface area (Å²) in [5.41, 5.74) is 2.59. The molecule has 3 aromatic carbocycles. The number of carboxylic acid groups (broad SMARTS) is 1. The maximum absolute atomic E-state index is 12.3. The highest BCUT2D eigenvalue weighted by atomic mass is 16.5. The first-order valence-corrected chi connectivity index (χ1v) is 9.54. The van der Waals surface area contributed by atoms with Gasteiger partial charge in [0, 0.05) is 6.54 Å². The highest BCUT2D eigenvalue weighted by Gasteiger charge is 2.09. The lowest BCUT2D eigenvalue weighted by molar-refractivity contribution is -0.117. The quantitative estimate of drug-likeness (QED) is 0.427. The van der Waals surface area contributed by atoms with E-state index in [1.807, 2.05) is 36.4 Å². The average Bonchev–Trinajstić information content (AvgIpc) is 2.81. The monoisotopic (exact) mass is 412 g/mol. The Labute approximate surface area is 180 Å². The van der Waals surface area contributed by atoms with Crippen molar-refractivity contribution in [2.24, 2.45) is 0 Å². The van der Waals surface area contributed by atoms with Crippen LogP contribution < -0.4 is 10.1 Å². The summed E-state index contributed by atoms with van der Waals surface area (Å²) in [6.45, 7) is 0.566. The molecule has 3 rings (SSSR count). The second-order valence-electron chi connectivity index (χ2n) is 6.70. The Hall–Kier alpha value is -4.37. The summed E-state index contributed by atoms with van der Waals surface area (Å²) >= 11 is 0. The Morgan fingerprint density at radius 2 is 1.68 bits per heavy atom. The van der Waals surface area contributed by atoms with E-state index in [9.17, 15) is 14.9 Å². The first kappa shape index (κ1) is 21.3. The van der Waals surface area contributed by atoms with Crippen molar-refractivity contribution in [2.75, 3.05) is 0 Å². The van der Waals surface area contributed by atoms with Crippen LogP contribution in [0.4, 0.5) is 0 Å². The van der Waals surface area contributed by atoms with Gasteiger partial charge in [-0.3, -0.25) is 4.79 Å². The molecule has 0 bridgehead atoms. The number of carbonyl (C=O) groups excluding carboxylic acids is 1. The van der Waals surface area contributed by atoms with E-state index in [0.717, 1.165) is 11.1 Å². The van der Waals surface area contributed by atoms with E-state index in [4.69, 9.17) is 9.84 Å².